The van der Waals surface area contributed by atoms with Gasteiger partial charge >= 0.3 is 0 Å². The van der Waals surface area contributed by atoms with Crippen molar-refractivity contribution in [1.82, 2.24) is 14.1 Å². The summed E-state index contributed by atoms with van der Waals surface area (Å²) in [4.78, 5) is 28.5. The number of amides is 2. The van der Waals surface area contributed by atoms with Crippen molar-refractivity contribution in [2.24, 2.45) is 0 Å². The highest BCUT2D eigenvalue weighted by Crippen LogP contribution is 2.31. The van der Waals surface area contributed by atoms with Crippen LogP contribution < -0.4 is 0 Å². The molecule has 162 valence electrons. The summed E-state index contributed by atoms with van der Waals surface area (Å²) >= 11 is 0. The molecule has 0 bridgehead atoms. The average Bonchev–Trinajstić information content (AvgIpc) is 2.94. The second-order valence-electron chi connectivity index (χ2n) is 7.48. The molecule has 2 heterocycles. The molecule has 7 nitrogen and oxygen atoms in total. The molecule has 2 amide bonds. The maximum absolute atomic E-state index is 13.1. The topological polar surface area (TPSA) is 78.0 Å². The van der Waals surface area contributed by atoms with Crippen LogP contribution in [0.3, 0.4) is 0 Å². The van der Waals surface area contributed by atoms with Crippen LogP contribution in [0.4, 0.5) is 4.39 Å². The third-order valence-corrected chi connectivity index (χ3v) is 7.50. The lowest BCUT2D eigenvalue weighted by molar-refractivity contribution is -0.131. The van der Waals surface area contributed by atoms with E-state index < -0.39 is 15.8 Å². The van der Waals surface area contributed by atoms with Gasteiger partial charge in [-0.3, -0.25) is 14.5 Å². The summed E-state index contributed by atoms with van der Waals surface area (Å²) < 4.78 is 40.2. The van der Waals surface area contributed by atoms with Gasteiger partial charge in [0, 0.05) is 43.0 Å². The van der Waals surface area contributed by atoms with Crippen LogP contribution in [0.25, 0.3) is 5.70 Å². The van der Waals surface area contributed by atoms with E-state index in [9.17, 15) is 22.4 Å². The lowest BCUT2D eigenvalue weighted by Crippen LogP contribution is -2.42. The molecule has 0 aromatic heterocycles. The van der Waals surface area contributed by atoms with Crippen molar-refractivity contribution in [2.45, 2.75) is 11.3 Å². The maximum atomic E-state index is 13.1. The summed E-state index contributed by atoms with van der Waals surface area (Å²) in [5.41, 5.74) is 1.73. The summed E-state index contributed by atoms with van der Waals surface area (Å²) in [6.07, 6.45) is 0.460. The van der Waals surface area contributed by atoms with E-state index in [1.54, 1.807) is 23.1 Å². The molecule has 0 atom stereocenters. The quantitative estimate of drug-likeness (QED) is 0.726. The van der Waals surface area contributed by atoms with Gasteiger partial charge in [0.2, 0.25) is 15.9 Å². The lowest BCUT2D eigenvalue weighted by Gasteiger charge is -2.25. The van der Waals surface area contributed by atoms with Gasteiger partial charge < -0.3 is 4.90 Å². The van der Waals surface area contributed by atoms with Crippen LogP contribution in [0.2, 0.25) is 0 Å². The Labute approximate surface area is 180 Å². The molecule has 2 aliphatic heterocycles. The third-order valence-electron chi connectivity index (χ3n) is 5.59. The van der Waals surface area contributed by atoms with Crippen molar-refractivity contribution in [3.63, 3.8) is 0 Å². The van der Waals surface area contributed by atoms with Crippen LogP contribution >= 0.6 is 0 Å². The van der Waals surface area contributed by atoms with Gasteiger partial charge in [-0.15, -0.1) is 0 Å². The van der Waals surface area contributed by atoms with E-state index in [2.05, 4.69) is 6.58 Å². The zero-order chi connectivity index (χ0) is 22.2. The van der Waals surface area contributed by atoms with Crippen LogP contribution in [0, 0.1) is 5.82 Å². The lowest BCUT2D eigenvalue weighted by atomic mass is 10.1. The minimum Gasteiger partial charge on any atom is -0.340 e. The van der Waals surface area contributed by atoms with E-state index in [0.717, 1.165) is 12.1 Å². The largest absolute Gasteiger partial charge is 0.340 e. The molecule has 1 saturated heterocycles. The van der Waals surface area contributed by atoms with Crippen molar-refractivity contribution < 1.29 is 22.4 Å². The molecule has 0 unspecified atom stereocenters. The van der Waals surface area contributed by atoms with Gasteiger partial charge in [0.25, 0.3) is 5.91 Å². The molecular formula is C22H22FN3O4S. The Morgan fingerprint density at radius 3 is 2.32 bits per heavy atom. The molecule has 2 aromatic rings. The van der Waals surface area contributed by atoms with Crippen molar-refractivity contribution >= 4 is 27.5 Å². The predicted octanol–water partition coefficient (Wildman–Crippen LogP) is 2.18. The predicted molar refractivity (Wildman–Crippen MR) is 113 cm³/mol. The second-order valence-corrected chi connectivity index (χ2v) is 9.41. The highest BCUT2D eigenvalue weighted by atomic mass is 32.2. The molecule has 0 saturated carbocycles. The fourth-order valence-corrected chi connectivity index (χ4v) is 5.35. The van der Waals surface area contributed by atoms with Gasteiger partial charge in [-0.2, -0.15) is 4.31 Å². The Kier molecular flexibility index (Phi) is 5.63. The maximum Gasteiger partial charge on any atom is 0.259 e. The van der Waals surface area contributed by atoms with Crippen molar-refractivity contribution in [2.75, 3.05) is 32.7 Å². The molecule has 0 aliphatic carbocycles. The summed E-state index contributed by atoms with van der Waals surface area (Å²) in [7, 11) is -3.78. The zero-order valence-corrected chi connectivity index (χ0v) is 17.6. The first-order valence-corrected chi connectivity index (χ1v) is 11.4. The first-order valence-electron chi connectivity index (χ1n) is 9.93. The number of carbonyl (C=O) groups is 2. The van der Waals surface area contributed by atoms with Gasteiger partial charge in [-0.1, -0.05) is 24.8 Å². The zero-order valence-electron chi connectivity index (χ0n) is 16.8. The van der Waals surface area contributed by atoms with Gasteiger partial charge in [0.05, 0.1) is 4.90 Å². The summed E-state index contributed by atoms with van der Waals surface area (Å²) in [5, 5.41) is 0. The molecule has 9 heteroatoms. The van der Waals surface area contributed by atoms with Crippen LogP contribution in [0.15, 0.2) is 60.0 Å². The van der Waals surface area contributed by atoms with Crippen molar-refractivity contribution in [3.05, 3.63) is 72.1 Å². The van der Waals surface area contributed by atoms with E-state index in [0.29, 0.717) is 29.8 Å². The fourth-order valence-electron chi connectivity index (χ4n) is 3.88. The summed E-state index contributed by atoms with van der Waals surface area (Å²) in [6.45, 7) is 4.78. The second kappa shape index (κ2) is 8.24. The van der Waals surface area contributed by atoms with E-state index in [1.807, 2.05) is 6.07 Å². The standard InChI is InChI=1S/C22H22FN3O4S/c1-16-19-5-2-3-6-20(19)22(28)26(16)15-21(27)24-11-4-12-25(14-13-24)31(29,30)18-9-7-17(23)8-10-18/h2-3,5-10H,1,4,11-15H2. The molecule has 0 radical (unpaired) electrons. The minimum atomic E-state index is -3.78. The van der Waals surface area contributed by atoms with Gasteiger partial charge in [-0.05, 0) is 36.8 Å². The normalized spacial score (nSPS) is 17.6. The number of hydrogen-bond donors (Lipinski definition) is 0. The van der Waals surface area contributed by atoms with E-state index in [-0.39, 0.29) is 42.9 Å². The minimum absolute atomic E-state index is 0.0189. The van der Waals surface area contributed by atoms with Crippen LogP contribution in [-0.2, 0) is 14.8 Å². The number of benzene rings is 2. The van der Waals surface area contributed by atoms with Crippen LogP contribution in [0.5, 0.6) is 0 Å². The number of hydrogen-bond acceptors (Lipinski definition) is 4. The highest BCUT2D eigenvalue weighted by Gasteiger charge is 2.34. The molecule has 0 spiro atoms. The SMILES string of the molecule is C=C1c2ccccc2C(=O)N1CC(=O)N1CCCN(S(=O)(=O)c2ccc(F)cc2)CC1. The van der Waals surface area contributed by atoms with Crippen LogP contribution in [-0.4, -0.2) is 67.1 Å². The summed E-state index contributed by atoms with van der Waals surface area (Å²) in [5.74, 6) is -1.03. The van der Waals surface area contributed by atoms with E-state index in [1.165, 1.54) is 21.3 Å². The summed E-state index contributed by atoms with van der Waals surface area (Å²) in [6, 6.07) is 11.8. The van der Waals surface area contributed by atoms with Crippen molar-refractivity contribution in [1.29, 1.82) is 0 Å². The number of fused-ring (bicyclic) bond motifs is 1. The Balaban J connectivity index is 1.42. The molecular weight excluding hydrogens is 421 g/mol. The number of sulfonamides is 1. The monoisotopic (exact) mass is 443 g/mol. The first-order chi connectivity index (χ1) is 14.8. The molecule has 0 N–H and O–H groups in total. The Morgan fingerprint density at radius 1 is 0.968 bits per heavy atom. The van der Waals surface area contributed by atoms with Gasteiger partial charge in [-0.25, -0.2) is 12.8 Å². The highest BCUT2D eigenvalue weighted by molar-refractivity contribution is 7.89. The third kappa shape index (κ3) is 3.98. The Morgan fingerprint density at radius 2 is 1.65 bits per heavy atom. The van der Waals surface area contributed by atoms with Crippen molar-refractivity contribution in [3.8, 4) is 0 Å². The smallest absolute Gasteiger partial charge is 0.259 e. The van der Waals surface area contributed by atoms with Gasteiger partial charge in [0.15, 0.2) is 0 Å². The fraction of sp³-hybridized carbons (Fsp3) is 0.273. The molecule has 2 aromatic carbocycles. The van der Waals surface area contributed by atoms with Gasteiger partial charge in [0.1, 0.15) is 12.4 Å². The molecule has 31 heavy (non-hydrogen) atoms. The molecule has 1 fully saturated rings. The molecule has 4 rings (SSSR count). The van der Waals surface area contributed by atoms with Crippen LogP contribution in [0.1, 0.15) is 22.3 Å². The number of nitrogens with zero attached hydrogens (tertiary/aromatic N) is 3. The number of halogens is 1. The molecule has 2 aliphatic rings. The number of carbonyl (C=O) groups excluding carboxylic acids is 2. The Bertz CT molecular complexity index is 1110. The number of rotatable bonds is 4. The van der Waals surface area contributed by atoms with E-state index in [4.69, 9.17) is 0 Å². The average molecular weight is 444 g/mol. The Hall–Kier alpha value is -3.04. The first kappa shape index (κ1) is 21.2. The van der Waals surface area contributed by atoms with E-state index >= 15 is 0 Å².